The van der Waals surface area contributed by atoms with E-state index in [1.54, 1.807) is 0 Å². The summed E-state index contributed by atoms with van der Waals surface area (Å²) >= 11 is 7.63. The van der Waals surface area contributed by atoms with Crippen molar-refractivity contribution in [2.75, 3.05) is 7.85 Å². The minimum absolute atomic E-state index is 0.121. The zero-order valence-corrected chi connectivity index (χ0v) is 28.4. The molecule has 0 aliphatic rings. The smallest absolute Gasteiger partial charge is 0.0551 e. The second-order valence-electron chi connectivity index (χ2n) is 12.8. The average molecular weight is 683 g/mol. The van der Waals surface area contributed by atoms with Crippen LogP contribution in [0.15, 0.2) is 121 Å². The second kappa shape index (κ2) is 12.1. The minimum atomic E-state index is 0.121. The van der Waals surface area contributed by atoms with E-state index >= 15 is 0 Å². The molecule has 0 atom stereocenters. The van der Waals surface area contributed by atoms with Gasteiger partial charge in [0.1, 0.15) is 0 Å². The monoisotopic (exact) mass is 680 g/mol. The number of hydrogen-bond donors (Lipinski definition) is 0. The molecule has 0 spiro atoms. The molecule has 0 aliphatic heterocycles. The maximum atomic E-state index is 3.84. The first-order valence-corrected chi connectivity index (χ1v) is 15.8. The van der Waals surface area contributed by atoms with Crippen molar-refractivity contribution in [2.24, 2.45) is 0 Å². The van der Waals surface area contributed by atoms with Crippen LogP contribution in [0, 0.1) is 0 Å². The maximum absolute atomic E-state index is 3.84. The zero-order valence-electron chi connectivity index (χ0n) is 25.2. The molecule has 2 nitrogen and oxygen atoms in total. The second-order valence-corrected chi connectivity index (χ2v) is 14.2. The number of benzene rings is 5. The molecule has 0 radical (unpaired) electrons. The van der Waals surface area contributed by atoms with Crippen LogP contribution in [0.5, 0.6) is 0 Å². The summed E-state index contributed by atoms with van der Waals surface area (Å²) in [6.45, 7) is 13.4. The van der Waals surface area contributed by atoms with Crippen molar-refractivity contribution in [1.82, 2.24) is 0 Å². The largest absolute Gasteiger partial charge is 0.277 e. The Morgan fingerprint density at radius 1 is 0.405 bits per heavy atom. The fourth-order valence-electron chi connectivity index (χ4n) is 5.02. The van der Waals surface area contributed by atoms with E-state index in [-0.39, 0.29) is 10.8 Å². The molecule has 0 amide bonds. The summed E-state index contributed by atoms with van der Waals surface area (Å²) in [4.78, 5) is 0. The van der Waals surface area contributed by atoms with E-state index in [9.17, 15) is 0 Å². The summed E-state index contributed by atoms with van der Waals surface area (Å²) in [5.41, 5.74) is 12.0. The number of nitrogens with zero attached hydrogens (tertiary/aromatic N) is 2. The summed E-state index contributed by atoms with van der Waals surface area (Å²) in [5, 5.41) is 0. The molecule has 5 aromatic carbocycles. The topological polar surface area (TPSA) is 6.48 Å². The summed E-state index contributed by atoms with van der Waals surface area (Å²) in [7, 11) is 0. The van der Waals surface area contributed by atoms with Gasteiger partial charge in [-0.2, -0.15) is 0 Å². The van der Waals surface area contributed by atoms with Crippen molar-refractivity contribution in [3.63, 3.8) is 0 Å². The third kappa shape index (κ3) is 6.66. The molecule has 0 heterocycles. The summed E-state index contributed by atoms with van der Waals surface area (Å²) in [6, 6.07) is 43.5. The SMILES string of the molecule is CC(C)(C)c1ccc(N(Br)c2ccc(-c3ccc(N(Br)c4ccc(C(C)(C)C)cc4)cc3-c3ccccc3)cc2)cc1. The highest BCUT2D eigenvalue weighted by Crippen LogP contribution is 2.40. The predicted molar refractivity (Wildman–Crippen MR) is 190 cm³/mol. The van der Waals surface area contributed by atoms with Crippen LogP contribution >= 0.6 is 32.3 Å². The molecule has 0 saturated heterocycles. The van der Waals surface area contributed by atoms with E-state index in [0.29, 0.717) is 0 Å². The molecule has 0 saturated carbocycles. The number of rotatable bonds is 6. The van der Waals surface area contributed by atoms with Gasteiger partial charge in [0.25, 0.3) is 0 Å². The number of anilines is 4. The minimum Gasteiger partial charge on any atom is -0.277 e. The molecule has 214 valence electrons. The molecular formula is C38H38Br2N2. The molecule has 0 bridgehead atoms. The predicted octanol–water partition coefficient (Wildman–Crippen LogP) is 12.5. The Morgan fingerprint density at radius 2 is 0.786 bits per heavy atom. The molecule has 0 fully saturated rings. The third-order valence-corrected chi connectivity index (χ3v) is 9.28. The first kappa shape index (κ1) is 30.1. The lowest BCUT2D eigenvalue weighted by molar-refractivity contribution is 0.590. The number of halogens is 2. The Labute approximate surface area is 268 Å². The highest BCUT2D eigenvalue weighted by Gasteiger charge is 2.17. The lowest BCUT2D eigenvalue weighted by Gasteiger charge is -2.23. The lowest BCUT2D eigenvalue weighted by Crippen LogP contribution is -2.11. The van der Waals surface area contributed by atoms with E-state index < -0.39 is 0 Å². The third-order valence-electron chi connectivity index (χ3n) is 7.64. The van der Waals surface area contributed by atoms with E-state index in [2.05, 4.69) is 203 Å². The van der Waals surface area contributed by atoms with Crippen molar-refractivity contribution in [2.45, 2.75) is 52.4 Å². The van der Waals surface area contributed by atoms with Crippen LogP contribution in [0.1, 0.15) is 52.7 Å². The quantitative estimate of drug-likeness (QED) is 0.165. The van der Waals surface area contributed by atoms with E-state index in [4.69, 9.17) is 0 Å². The van der Waals surface area contributed by atoms with Gasteiger partial charge in [0.15, 0.2) is 0 Å². The Balaban J connectivity index is 1.46. The summed E-state index contributed by atoms with van der Waals surface area (Å²) in [5.74, 6) is 0. The van der Waals surface area contributed by atoms with Crippen LogP contribution in [0.25, 0.3) is 22.3 Å². The Hall–Kier alpha value is -3.34. The van der Waals surface area contributed by atoms with Crippen LogP contribution in [0.2, 0.25) is 0 Å². The summed E-state index contributed by atoms with van der Waals surface area (Å²) in [6.07, 6.45) is 0. The first-order chi connectivity index (χ1) is 19.9. The molecule has 5 rings (SSSR count). The Kier molecular flexibility index (Phi) is 8.68. The van der Waals surface area contributed by atoms with Crippen molar-refractivity contribution >= 4 is 55.0 Å². The molecule has 0 aromatic heterocycles. The normalized spacial score (nSPS) is 11.8. The first-order valence-electron chi connectivity index (χ1n) is 14.3. The fourth-order valence-corrected chi connectivity index (χ4v) is 5.95. The van der Waals surface area contributed by atoms with Gasteiger partial charge in [-0.3, -0.25) is 7.85 Å². The van der Waals surface area contributed by atoms with Gasteiger partial charge < -0.3 is 0 Å². The van der Waals surface area contributed by atoms with Gasteiger partial charge in [0.2, 0.25) is 0 Å². The van der Waals surface area contributed by atoms with Gasteiger partial charge in [-0.1, -0.05) is 114 Å². The molecule has 42 heavy (non-hydrogen) atoms. The van der Waals surface area contributed by atoms with Gasteiger partial charge in [0, 0.05) is 0 Å². The highest BCUT2D eigenvalue weighted by molar-refractivity contribution is 9.10. The summed E-state index contributed by atoms with van der Waals surface area (Å²) < 4.78 is 4.13. The van der Waals surface area contributed by atoms with E-state index in [1.165, 1.54) is 33.4 Å². The van der Waals surface area contributed by atoms with E-state index in [0.717, 1.165) is 22.7 Å². The Morgan fingerprint density at radius 3 is 1.24 bits per heavy atom. The lowest BCUT2D eigenvalue weighted by atomic mass is 9.87. The fraction of sp³-hybridized carbons (Fsp3) is 0.211. The van der Waals surface area contributed by atoms with Crippen LogP contribution in [0.3, 0.4) is 0 Å². The van der Waals surface area contributed by atoms with Gasteiger partial charge in [-0.05, 0) is 92.7 Å². The molecule has 5 aromatic rings. The van der Waals surface area contributed by atoms with Crippen molar-refractivity contribution < 1.29 is 0 Å². The molecular weight excluding hydrogens is 644 g/mol. The average Bonchev–Trinajstić information content (AvgIpc) is 3.00. The van der Waals surface area contributed by atoms with Crippen LogP contribution in [0.4, 0.5) is 22.7 Å². The van der Waals surface area contributed by atoms with Gasteiger partial charge in [-0.25, -0.2) is 0 Å². The Bertz CT molecular complexity index is 1630. The van der Waals surface area contributed by atoms with Crippen molar-refractivity contribution in [3.05, 3.63) is 132 Å². The van der Waals surface area contributed by atoms with Crippen LogP contribution in [-0.2, 0) is 10.8 Å². The van der Waals surface area contributed by atoms with Crippen LogP contribution < -0.4 is 7.85 Å². The van der Waals surface area contributed by atoms with Crippen molar-refractivity contribution in [3.8, 4) is 22.3 Å². The van der Waals surface area contributed by atoms with Crippen LogP contribution in [-0.4, -0.2) is 0 Å². The molecule has 0 N–H and O–H groups in total. The standard InChI is InChI=1S/C38H38Br2N2/c1-37(2,3)29-14-20-32(21-15-29)41(39)31-18-12-28(13-19-31)35-25-24-34(26-36(35)27-10-8-7-9-11-27)42(40)33-22-16-30(17-23-33)38(4,5)6/h7-26H,1-6H3. The van der Waals surface area contributed by atoms with E-state index in [1.807, 2.05) is 0 Å². The zero-order chi connectivity index (χ0) is 30.1. The highest BCUT2D eigenvalue weighted by atomic mass is 79.9. The maximum Gasteiger partial charge on any atom is 0.0551 e. The molecule has 4 heteroatoms. The molecule has 0 aliphatic carbocycles. The molecule has 0 unspecified atom stereocenters. The van der Waals surface area contributed by atoms with Crippen molar-refractivity contribution in [1.29, 1.82) is 0 Å². The van der Waals surface area contributed by atoms with Gasteiger partial charge in [0.05, 0.1) is 55.0 Å². The number of hydrogen-bond acceptors (Lipinski definition) is 2. The van der Waals surface area contributed by atoms with Gasteiger partial charge in [-0.15, -0.1) is 0 Å². The van der Waals surface area contributed by atoms with Gasteiger partial charge >= 0.3 is 0 Å².